The van der Waals surface area contributed by atoms with E-state index in [4.69, 9.17) is 10.5 Å². The highest BCUT2D eigenvalue weighted by Gasteiger charge is 2.39. The molecule has 0 bridgehead atoms. The first kappa shape index (κ1) is 8.97. The van der Waals surface area contributed by atoms with Gasteiger partial charge in [0.2, 0.25) is 0 Å². The maximum atomic E-state index is 9.65. The van der Waals surface area contributed by atoms with Gasteiger partial charge in [-0.15, -0.1) is 0 Å². The van der Waals surface area contributed by atoms with E-state index in [-0.39, 0.29) is 11.5 Å². The van der Waals surface area contributed by atoms with Crippen LogP contribution in [0.3, 0.4) is 0 Å². The van der Waals surface area contributed by atoms with Gasteiger partial charge >= 0.3 is 0 Å². The first-order valence-corrected chi connectivity index (χ1v) is 4.21. The predicted octanol–water partition coefficient (Wildman–Crippen LogP) is 0.123. The van der Waals surface area contributed by atoms with Crippen LogP contribution in [-0.2, 0) is 4.74 Å². The van der Waals surface area contributed by atoms with Gasteiger partial charge in [-0.2, -0.15) is 0 Å². The zero-order valence-electron chi connectivity index (χ0n) is 7.05. The topological polar surface area (TPSA) is 55.5 Å². The SMILES string of the molecule is CCC(O)C1(CN)CCOC1. The van der Waals surface area contributed by atoms with Gasteiger partial charge in [0.1, 0.15) is 0 Å². The standard InChI is InChI=1S/C8H17NO2/c1-2-7(10)8(5-9)3-4-11-6-8/h7,10H,2-6,9H2,1H3. The lowest BCUT2D eigenvalue weighted by molar-refractivity contribution is 0.0182. The number of hydrogen-bond acceptors (Lipinski definition) is 3. The molecular formula is C8H17NO2. The Labute approximate surface area is 67.5 Å². The molecule has 1 rings (SSSR count). The third-order valence-corrected chi connectivity index (χ3v) is 2.63. The van der Waals surface area contributed by atoms with E-state index in [1.807, 2.05) is 6.92 Å². The Hall–Kier alpha value is -0.120. The van der Waals surface area contributed by atoms with E-state index in [0.717, 1.165) is 19.4 Å². The Morgan fingerprint density at radius 1 is 1.73 bits per heavy atom. The van der Waals surface area contributed by atoms with Crippen molar-refractivity contribution in [2.24, 2.45) is 11.1 Å². The van der Waals surface area contributed by atoms with Crippen molar-refractivity contribution in [2.45, 2.75) is 25.9 Å². The predicted molar refractivity (Wildman–Crippen MR) is 43.2 cm³/mol. The van der Waals surface area contributed by atoms with Gasteiger partial charge in [0, 0.05) is 18.6 Å². The fraction of sp³-hybridized carbons (Fsp3) is 1.00. The van der Waals surface area contributed by atoms with Crippen molar-refractivity contribution in [1.82, 2.24) is 0 Å². The lowest BCUT2D eigenvalue weighted by Crippen LogP contribution is -2.42. The molecule has 1 heterocycles. The van der Waals surface area contributed by atoms with Crippen LogP contribution in [0.25, 0.3) is 0 Å². The molecule has 0 saturated carbocycles. The molecule has 0 amide bonds. The third kappa shape index (κ3) is 1.55. The number of aliphatic hydroxyl groups excluding tert-OH is 1. The number of ether oxygens (including phenoxy) is 1. The van der Waals surface area contributed by atoms with Crippen molar-refractivity contribution < 1.29 is 9.84 Å². The summed E-state index contributed by atoms with van der Waals surface area (Å²) in [5, 5.41) is 9.65. The van der Waals surface area contributed by atoms with Crippen LogP contribution in [0, 0.1) is 5.41 Å². The molecular weight excluding hydrogens is 142 g/mol. The van der Waals surface area contributed by atoms with Crippen LogP contribution in [-0.4, -0.2) is 31.0 Å². The molecule has 0 aliphatic carbocycles. The highest BCUT2D eigenvalue weighted by atomic mass is 16.5. The largest absolute Gasteiger partial charge is 0.392 e. The summed E-state index contributed by atoms with van der Waals surface area (Å²) in [6.07, 6.45) is 1.37. The Morgan fingerprint density at radius 3 is 2.82 bits per heavy atom. The molecule has 0 spiro atoms. The number of rotatable bonds is 3. The van der Waals surface area contributed by atoms with Crippen LogP contribution >= 0.6 is 0 Å². The van der Waals surface area contributed by atoms with Gasteiger partial charge in [-0.25, -0.2) is 0 Å². The summed E-state index contributed by atoms with van der Waals surface area (Å²) in [5.74, 6) is 0. The number of nitrogens with two attached hydrogens (primary N) is 1. The van der Waals surface area contributed by atoms with Crippen molar-refractivity contribution in [1.29, 1.82) is 0 Å². The molecule has 11 heavy (non-hydrogen) atoms. The van der Waals surface area contributed by atoms with Crippen LogP contribution in [0.4, 0.5) is 0 Å². The van der Waals surface area contributed by atoms with Gasteiger partial charge in [-0.1, -0.05) is 6.92 Å². The molecule has 0 aromatic heterocycles. The second-order valence-corrected chi connectivity index (χ2v) is 3.29. The zero-order chi connectivity index (χ0) is 8.32. The first-order chi connectivity index (χ1) is 5.25. The van der Waals surface area contributed by atoms with E-state index in [1.54, 1.807) is 0 Å². The van der Waals surface area contributed by atoms with E-state index < -0.39 is 0 Å². The van der Waals surface area contributed by atoms with Gasteiger partial charge < -0.3 is 15.6 Å². The molecule has 0 aromatic carbocycles. The van der Waals surface area contributed by atoms with Crippen molar-refractivity contribution in [3.8, 4) is 0 Å². The van der Waals surface area contributed by atoms with Gasteiger partial charge in [-0.3, -0.25) is 0 Å². The van der Waals surface area contributed by atoms with Crippen molar-refractivity contribution in [3.63, 3.8) is 0 Å². The molecule has 3 heteroatoms. The quantitative estimate of drug-likeness (QED) is 0.615. The summed E-state index contributed by atoms with van der Waals surface area (Å²) in [5.41, 5.74) is 5.46. The second kappa shape index (κ2) is 3.52. The molecule has 1 saturated heterocycles. The third-order valence-electron chi connectivity index (χ3n) is 2.63. The number of aliphatic hydroxyl groups is 1. The smallest absolute Gasteiger partial charge is 0.0628 e. The minimum atomic E-state index is -0.296. The average molecular weight is 159 g/mol. The van der Waals surface area contributed by atoms with Gasteiger partial charge in [0.05, 0.1) is 12.7 Å². The van der Waals surface area contributed by atoms with E-state index in [9.17, 15) is 5.11 Å². The second-order valence-electron chi connectivity index (χ2n) is 3.29. The summed E-state index contributed by atoms with van der Waals surface area (Å²) >= 11 is 0. The lowest BCUT2D eigenvalue weighted by atomic mass is 9.80. The van der Waals surface area contributed by atoms with E-state index in [1.165, 1.54) is 0 Å². The molecule has 3 nitrogen and oxygen atoms in total. The van der Waals surface area contributed by atoms with Crippen LogP contribution in [0.1, 0.15) is 19.8 Å². The van der Waals surface area contributed by atoms with Crippen LogP contribution < -0.4 is 5.73 Å². The summed E-state index contributed by atoms with van der Waals surface area (Å²) in [6.45, 7) is 3.87. The molecule has 2 atom stereocenters. The molecule has 2 unspecified atom stereocenters. The molecule has 1 aliphatic heterocycles. The van der Waals surface area contributed by atoms with Gasteiger partial charge in [0.15, 0.2) is 0 Å². The van der Waals surface area contributed by atoms with Gasteiger partial charge in [0.25, 0.3) is 0 Å². The van der Waals surface area contributed by atoms with Crippen LogP contribution in [0.2, 0.25) is 0 Å². The monoisotopic (exact) mass is 159 g/mol. The highest BCUT2D eigenvalue weighted by Crippen LogP contribution is 2.32. The lowest BCUT2D eigenvalue weighted by Gasteiger charge is -2.30. The summed E-state index contributed by atoms with van der Waals surface area (Å²) in [4.78, 5) is 0. The van der Waals surface area contributed by atoms with Crippen molar-refractivity contribution in [3.05, 3.63) is 0 Å². The maximum Gasteiger partial charge on any atom is 0.0628 e. The van der Waals surface area contributed by atoms with E-state index in [2.05, 4.69) is 0 Å². The minimum absolute atomic E-state index is 0.144. The molecule has 1 aliphatic rings. The summed E-state index contributed by atoms with van der Waals surface area (Å²) in [6, 6.07) is 0. The molecule has 1 fully saturated rings. The van der Waals surface area contributed by atoms with Crippen LogP contribution in [0.15, 0.2) is 0 Å². The highest BCUT2D eigenvalue weighted by molar-refractivity contribution is 4.89. The van der Waals surface area contributed by atoms with Crippen molar-refractivity contribution >= 4 is 0 Å². The summed E-state index contributed by atoms with van der Waals surface area (Å²) in [7, 11) is 0. The average Bonchev–Trinajstić information content (AvgIpc) is 2.52. The van der Waals surface area contributed by atoms with E-state index >= 15 is 0 Å². The minimum Gasteiger partial charge on any atom is -0.392 e. The Balaban J connectivity index is 2.58. The van der Waals surface area contributed by atoms with Crippen LogP contribution in [0.5, 0.6) is 0 Å². The molecule has 0 radical (unpaired) electrons. The zero-order valence-corrected chi connectivity index (χ0v) is 7.05. The fourth-order valence-corrected chi connectivity index (χ4v) is 1.62. The van der Waals surface area contributed by atoms with Crippen molar-refractivity contribution in [2.75, 3.05) is 19.8 Å². The Morgan fingerprint density at radius 2 is 2.45 bits per heavy atom. The summed E-state index contributed by atoms with van der Waals surface area (Å²) < 4.78 is 5.23. The molecule has 66 valence electrons. The Kier molecular flexibility index (Phi) is 2.87. The maximum absolute atomic E-state index is 9.65. The fourth-order valence-electron chi connectivity index (χ4n) is 1.62. The van der Waals surface area contributed by atoms with E-state index in [0.29, 0.717) is 13.2 Å². The van der Waals surface area contributed by atoms with Gasteiger partial charge in [-0.05, 0) is 12.8 Å². The first-order valence-electron chi connectivity index (χ1n) is 4.21. The normalized spacial score (nSPS) is 34.1. The molecule has 3 N–H and O–H groups in total. The molecule has 0 aromatic rings. The Bertz CT molecular complexity index is 121. The number of hydrogen-bond donors (Lipinski definition) is 2.